The van der Waals surface area contributed by atoms with E-state index in [-0.39, 0.29) is 24.4 Å². The van der Waals surface area contributed by atoms with Crippen molar-refractivity contribution in [1.29, 1.82) is 0 Å². The summed E-state index contributed by atoms with van der Waals surface area (Å²) in [4.78, 5) is 11.3. The highest BCUT2D eigenvalue weighted by atomic mass is 16.5. The molecule has 0 amide bonds. The molecular formula is C12H24O3. The zero-order valence-electron chi connectivity index (χ0n) is 10.7. The Labute approximate surface area is 92.8 Å². The van der Waals surface area contributed by atoms with Gasteiger partial charge < -0.3 is 9.84 Å². The van der Waals surface area contributed by atoms with E-state index in [2.05, 4.69) is 0 Å². The number of ether oxygens (including phenoxy) is 1. The predicted molar refractivity (Wildman–Crippen MR) is 60.4 cm³/mol. The normalized spacial score (nSPS) is 14.5. The maximum absolute atomic E-state index is 11.3. The molecule has 3 heteroatoms. The van der Waals surface area contributed by atoms with Crippen molar-refractivity contribution in [1.82, 2.24) is 0 Å². The molecule has 0 aliphatic carbocycles. The van der Waals surface area contributed by atoms with Gasteiger partial charge in [-0.1, -0.05) is 41.5 Å². The van der Waals surface area contributed by atoms with Gasteiger partial charge in [0.1, 0.15) is 0 Å². The van der Waals surface area contributed by atoms with Crippen molar-refractivity contribution in [2.75, 3.05) is 6.61 Å². The van der Waals surface area contributed by atoms with Crippen LogP contribution in [0.4, 0.5) is 0 Å². The van der Waals surface area contributed by atoms with Gasteiger partial charge in [-0.05, 0) is 5.92 Å². The van der Waals surface area contributed by atoms with E-state index >= 15 is 0 Å². The fraction of sp³-hybridized carbons (Fsp3) is 0.917. The molecule has 3 nitrogen and oxygen atoms in total. The topological polar surface area (TPSA) is 46.5 Å². The van der Waals surface area contributed by atoms with Gasteiger partial charge in [0, 0.05) is 5.41 Å². The lowest BCUT2D eigenvalue weighted by molar-refractivity contribution is -0.153. The molecule has 0 aromatic heterocycles. The van der Waals surface area contributed by atoms with Crippen LogP contribution in [0.25, 0.3) is 0 Å². The second-order valence-corrected chi connectivity index (χ2v) is 5.44. The second kappa shape index (κ2) is 5.50. The van der Waals surface area contributed by atoms with Gasteiger partial charge in [0.05, 0.1) is 18.6 Å². The first-order chi connectivity index (χ1) is 6.68. The van der Waals surface area contributed by atoms with Crippen LogP contribution in [0.3, 0.4) is 0 Å². The lowest BCUT2D eigenvalue weighted by Gasteiger charge is -2.32. The monoisotopic (exact) mass is 216 g/mol. The molecule has 1 atom stereocenters. The average molecular weight is 216 g/mol. The first kappa shape index (κ1) is 14.4. The number of hydrogen-bond acceptors (Lipinski definition) is 3. The minimum Gasteiger partial charge on any atom is -0.465 e. The highest BCUT2D eigenvalue weighted by molar-refractivity contribution is 5.71. The van der Waals surface area contributed by atoms with E-state index in [0.717, 1.165) is 0 Å². The lowest BCUT2D eigenvalue weighted by atomic mass is 9.81. The fourth-order valence-electron chi connectivity index (χ4n) is 1.41. The van der Waals surface area contributed by atoms with Crippen LogP contribution < -0.4 is 0 Å². The quantitative estimate of drug-likeness (QED) is 0.717. The summed E-state index contributed by atoms with van der Waals surface area (Å²) < 4.78 is 5.14. The van der Waals surface area contributed by atoms with Crippen LogP contribution in [-0.2, 0) is 9.53 Å². The van der Waals surface area contributed by atoms with Crippen molar-refractivity contribution in [3.05, 3.63) is 0 Å². The molecule has 90 valence electrons. The van der Waals surface area contributed by atoms with E-state index in [9.17, 15) is 9.90 Å². The van der Waals surface area contributed by atoms with Crippen molar-refractivity contribution in [3.63, 3.8) is 0 Å². The van der Waals surface area contributed by atoms with Crippen LogP contribution >= 0.6 is 0 Å². The van der Waals surface area contributed by atoms with Crippen molar-refractivity contribution < 1.29 is 14.6 Å². The van der Waals surface area contributed by atoms with Gasteiger partial charge in [0.15, 0.2) is 0 Å². The minimum absolute atomic E-state index is 0.114. The summed E-state index contributed by atoms with van der Waals surface area (Å²) in [5.41, 5.74) is -0.390. The van der Waals surface area contributed by atoms with Crippen LogP contribution in [0.1, 0.15) is 41.5 Å². The smallest absolute Gasteiger partial charge is 0.308 e. The number of aliphatic hydroxyl groups is 1. The molecule has 0 aliphatic heterocycles. The number of aliphatic hydroxyl groups excluding tert-OH is 1. The zero-order chi connectivity index (χ0) is 12.2. The Morgan fingerprint density at radius 1 is 1.27 bits per heavy atom. The molecule has 0 saturated carbocycles. The van der Waals surface area contributed by atoms with E-state index in [1.807, 2.05) is 27.7 Å². The first-order valence-corrected chi connectivity index (χ1v) is 5.53. The van der Waals surface area contributed by atoms with Crippen LogP contribution in [0.5, 0.6) is 0 Å². The summed E-state index contributed by atoms with van der Waals surface area (Å²) in [5.74, 6) is -0.159. The largest absolute Gasteiger partial charge is 0.465 e. The number of esters is 1. The number of carbonyl (C=O) groups excluding carboxylic acids is 1. The van der Waals surface area contributed by atoms with E-state index < -0.39 is 11.5 Å². The van der Waals surface area contributed by atoms with Crippen LogP contribution in [0.2, 0.25) is 0 Å². The lowest BCUT2D eigenvalue weighted by Crippen LogP contribution is -2.38. The molecule has 0 saturated heterocycles. The van der Waals surface area contributed by atoms with Gasteiger partial charge in [-0.15, -0.1) is 0 Å². The molecule has 0 aliphatic rings. The number of hydrogen-bond donors (Lipinski definition) is 1. The van der Waals surface area contributed by atoms with Gasteiger partial charge in [-0.3, -0.25) is 4.79 Å². The Balaban J connectivity index is 4.21. The fourth-order valence-corrected chi connectivity index (χ4v) is 1.41. The van der Waals surface area contributed by atoms with Gasteiger partial charge >= 0.3 is 5.97 Å². The summed E-state index contributed by atoms with van der Waals surface area (Å²) in [7, 11) is 0. The Bertz CT molecular complexity index is 207. The molecule has 15 heavy (non-hydrogen) atoms. The van der Waals surface area contributed by atoms with E-state index in [1.54, 1.807) is 13.8 Å². The van der Waals surface area contributed by atoms with Crippen LogP contribution in [-0.4, -0.2) is 23.8 Å². The molecule has 0 spiro atoms. The van der Waals surface area contributed by atoms with Gasteiger partial charge in [-0.25, -0.2) is 0 Å². The van der Waals surface area contributed by atoms with E-state index in [4.69, 9.17) is 4.74 Å². The minimum atomic E-state index is -0.461. The van der Waals surface area contributed by atoms with Crippen molar-refractivity contribution in [2.45, 2.75) is 47.6 Å². The van der Waals surface area contributed by atoms with E-state index in [0.29, 0.717) is 0 Å². The third-order valence-electron chi connectivity index (χ3n) is 2.49. The Hall–Kier alpha value is -0.570. The molecule has 0 rings (SSSR count). The van der Waals surface area contributed by atoms with Crippen LogP contribution in [0.15, 0.2) is 0 Å². The predicted octanol–water partition coefficient (Wildman–Crippen LogP) is 2.23. The maximum Gasteiger partial charge on any atom is 0.308 e. The molecule has 0 unspecified atom stereocenters. The van der Waals surface area contributed by atoms with Gasteiger partial charge in [0.2, 0.25) is 0 Å². The second-order valence-electron chi connectivity index (χ2n) is 5.44. The van der Waals surface area contributed by atoms with E-state index in [1.165, 1.54) is 0 Å². The van der Waals surface area contributed by atoms with Crippen molar-refractivity contribution >= 4 is 5.97 Å². The molecule has 0 aromatic rings. The molecule has 1 N–H and O–H groups in total. The Morgan fingerprint density at radius 3 is 2.07 bits per heavy atom. The van der Waals surface area contributed by atoms with Gasteiger partial charge in [-0.2, -0.15) is 0 Å². The molecule has 0 fully saturated rings. The molecule has 0 heterocycles. The summed E-state index contributed by atoms with van der Waals surface area (Å²) in [6.45, 7) is 11.6. The summed E-state index contributed by atoms with van der Waals surface area (Å²) in [6.07, 6.45) is -0.461. The van der Waals surface area contributed by atoms with Crippen LogP contribution in [0, 0.1) is 17.3 Å². The molecule has 0 bridgehead atoms. The number of carbonyl (C=O) groups is 1. The highest BCUT2D eigenvalue weighted by Gasteiger charge is 2.31. The molecule has 0 radical (unpaired) electrons. The Kier molecular flexibility index (Phi) is 5.29. The highest BCUT2D eigenvalue weighted by Crippen LogP contribution is 2.26. The third-order valence-corrected chi connectivity index (χ3v) is 2.49. The van der Waals surface area contributed by atoms with Crippen molar-refractivity contribution in [3.8, 4) is 0 Å². The molecule has 0 aromatic carbocycles. The standard InChI is InChI=1S/C12H24O3/c1-8(2)10(13)12(5,6)7-15-11(14)9(3)4/h8-10,13H,7H2,1-6H3/t10-/m1/s1. The SMILES string of the molecule is CC(C)C(=O)OCC(C)(C)[C@H](O)C(C)C. The maximum atomic E-state index is 11.3. The third kappa shape index (κ3) is 4.65. The molecular weight excluding hydrogens is 192 g/mol. The van der Waals surface area contributed by atoms with Gasteiger partial charge in [0.25, 0.3) is 0 Å². The summed E-state index contributed by atoms with van der Waals surface area (Å²) >= 11 is 0. The Morgan fingerprint density at radius 2 is 1.73 bits per heavy atom. The zero-order valence-corrected chi connectivity index (χ0v) is 10.7. The van der Waals surface area contributed by atoms with Crippen molar-refractivity contribution in [2.24, 2.45) is 17.3 Å². The summed E-state index contributed by atoms with van der Waals surface area (Å²) in [5, 5.41) is 9.91. The first-order valence-electron chi connectivity index (χ1n) is 5.53. The summed E-state index contributed by atoms with van der Waals surface area (Å²) in [6, 6.07) is 0. The average Bonchev–Trinajstić information content (AvgIpc) is 2.12. The number of rotatable bonds is 5.